The molecule has 0 aromatic rings. The second-order valence-electron chi connectivity index (χ2n) is 26.5. The standard InChI is InChI=1S/C59H96ClFN2O16/c1-15-44-57(13,72)47(67)35(7)63(22-16-21-62-52(70)59(73)31(3)23-38-39-25-41(61)40-24-37(64)19-20-53(40,9)58(39,60)43(66)27-54(38,59)10)29-30(2)26-55(11,71)49(79-51-42(65)18-17-32(4)75-51)33(5)46(34(6)50(69)77-44)78-45-28-56(12,74-14)48(68)36(8)76-45/h19-20,24,30-36,38-39,41-49,51,65-68,71-73H,15-18,21-23,25-29H2,1-14H3,(H,62,70)/t30-,31-,32-,33+,34-,35-,36+,38?,39?,41+,42-,43+,44-,45+,46?,47-,48+,49-,51?,53+,54+,55-,56+,57+,58+,59+/m1/s1. The molecule has 0 aromatic carbocycles. The summed E-state index contributed by atoms with van der Waals surface area (Å²) in [5.41, 5.74) is -8.98. The molecule has 79 heavy (non-hydrogen) atoms. The molecule has 18 nitrogen and oxygen atoms in total. The number of hydrogen-bond donors (Lipinski definition) is 8. The number of nitrogens with one attached hydrogen (secondary N) is 1. The molecular weight excluding hydrogens is 1050 g/mol. The summed E-state index contributed by atoms with van der Waals surface area (Å²) >= 11 is 7.56. The second-order valence-corrected chi connectivity index (χ2v) is 27.1. The Hall–Kier alpha value is -2.21. The van der Waals surface area contributed by atoms with Gasteiger partial charge in [-0.25, -0.2) is 4.39 Å². The molecule has 0 spiro atoms. The maximum atomic E-state index is 16.2. The van der Waals surface area contributed by atoms with Gasteiger partial charge >= 0.3 is 5.97 Å². The predicted molar refractivity (Wildman–Crippen MR) is 291 cm³/mol. The van der Waals surface area contributed by atoms with Crippen molar-refractivity contribution in [3.63, 3.8) is 0 Å². The SMILES string of the molecule is CC[C@H]1OC(=O)[C@H](C)C(O[C@H]2C[C@](C)(OC)[C@@H](O)[C@H](C)O2)[C@H](C)[C@@H](OC2O[C@H](C)CC[C@H]2O)[C@](C)(O)C[C@@H](C)CN(CCCNC(=O)[C@@]2(O)[C@H](C)CC3C4C[C@H](F)C5=CC(=O)C=C[C@]5(C)[C@@]4(Cl)[C@@H](O)C[C@@]32C)[C@H](C)[C@@H](O)[C@@]1(C)O. The van der Waals surface area contributed by atoms with E-state index in [1.54, 1.807) is 75.3 Å². The largest absolute Gasteiger partial charge is 0.459 e. The number of nitrogens with zero attached hydrogens (tertiary/aromatic N) is 1. The number of amides is 1. The van der Waals surface area contributed by atoms with Gasteiger partial charge in [-0.2, -0.15) is 0 Å². The first kappa shape index (κ1) is 64.4. The molecule has 7 rings (SSSR count). The first-order valence-electron chi connectivity index (χ1n) is 29.2. The van der Waals surface area contributed by atoms with Gasteiger partial charge in [0, 0.05) is 56.0 Å². The van der Waals surface area contributed by atoms with E-state index in [0.29, 0.717) is 25.7 Å². The van der Waals surface area contributed by atoms with Crippen LogP contribution in [0.5, 0.6) is 0 Å². The van der Waals surface area contributed by atoms with E-state index >= 15 is 4.39 Å². The smallest absolute Gasteiger partial charge is 0.311 e. The molecule has 0 radical (unpaired) electrons. The summed E-state index contributed by atoms with van der Waals surface area (Å²) in [7, 11) is 1.48. The second kappa shape index (κ2) is 23.7. The number of rotatable bonds is 11. The third-order valence-corrected chi connectivity index (χ3v) is 21.7. The van der Waals surface area contributed by atoms with Crippen molar-refractivity contribution >= 4 is 29.3 Å². The summed E-state index contributed by atoms with van der Waals surface area (Å²) in [5.74, 6) is -5.81. The Bertz CT molecular complexity index is 2260. The van der Waals surface area contributed by atoms with Crippen molar-refractivity contribution in [2.75, 3.05) is 26.7 Å². The minimum atomic E-state index is -2.01. The van der Waals surface area contributed by atoms with Crippen molar-refractivity contribution in [1.82, 2.24) is 10.2 Å². The molecule has 1 amide bonds. The molecule has 0 aromatic heterocycles. The zero-order valence-electron chi connectivity index (χ0n) is 49.2. The number of halogens is 2. The molecule has 0 bridgehead atoms. The lowest BCUT2D eigenvalue weighted by Crippen LogP contribution is -2.70. The van der Waals surface area contributed by atoms with Crippen molar-refractivity contribution in [2.24, 2.45) is 46.3 Å². The molecule has 20 heteroatoms. The van der Waals surface area contributed by atoms with E-state index in [9.17, 15) is 50.1 Å². The van der Waals surface area contributed by atoms with E-state index in [0.717, 1.165) is 0 Å². The average Bonchev–Trinajstić information content (AvgIpc) is 3.87. The van der Waals surface area contributed by atoms with Crippen LogP contribution in [0.4, 0.5) is 4.39 Å². The van der Waals surface area contributed by atoms with Crippen molar-refractivity contribution in [2.45, 2.75) is 255 Å². The Balaban J connectivity index is 1.14. The maximum absolute atomic E-state index is 16.2. The highest BCUT2D eigenvalue weighted by atomic mass is 35.5. The summed E-state index contributed by atoms with van der Waals surface area (Å²) in [4.78, 5) is 42.2. The van der Waals surface area contributed by atoms with Crippen molar-refractivity contribution in [3.8, 4) is 0 Å². The Morgan fingerprint density at radius 2 is 1.57 bits per heavy atom. The fourth-order valence-electron chi connectivity index (χ4n) is 15.9. The van der Waals surface area contributed by atoms with Gasteiger partial charge in [0.05, 0.1) is 52.5 Å². The van der Waals surface area contributed by atoms with Gasteiger partial charge in [-0.15, -0.1) is 11.6 Å². The van der Waals surface area contributed by atoms with Gasteiger partial charge in [-0.05, 0) is 141 Å². The summed E-state index contributed by atoms with van der Waals surface area (Å²) in [6.45, 7) is 23.0. The maximum Gasteiger partial charge on any atom is 0.311 e. The van der Waals surface area contributed by atoms with Gasteiger partial charge in [-0.3, -0.25) is 19.3 Å². The first-order valence-corrected chi connectivity index (χ1v) is 29.5. The number of carbonyl (C=O) groups is 3. The van der Waals surface area contributed by atoms with Crippen LogP contribution in [0.3, 0.4) is 0 Å². The average molecular weight is 1140 g/mol. The van der Waals surface area contributed by atoms with Crippen LogP contribution in [-0.2, 0) is 42.8 Å². The Labute approximate surface area is 472 Å². The number of carbonyl (C=O) groups excluding carboxylic acids is 3. The lowest BCUT2D eigenvalue weighted by Gasteiger charge is -2.64. The number of cyclic esters (lactones) is 1. The molecule has 452 valence electrons. The number of ketones is 1. The van der Waals surface area contributed by atoms with Gasteiger partial charge < -0.3 is 69.5 Å². The summed E-state index contributed by atoms with van der Waals surface area (Å²) in [5, 5.41) is 87.7. The minimum Gasteiger partial charge on any atom is -0.459 e. The van der Waals surface area contributed by atoms with Crippen LogP contribution in [0.1, 0.15) is 148 Å². The topological polar surface area (TPSA) is 263 Å². The van der Waals surface area contributed by atoms with E-state index in [1.165, 1.54) is 26.2 Å². The van der Waals surface area contributed by atoms with Crippen LogP contribution < -0.4 is 5.32 Å². The predicted octanol–water partition coefficient (Wildman–Crippen LogP) is 4.80. The Morgan fingerprint density at radius 1 is 0.899 bits per heavy atom. The lowest BCUT2D eigenvalue weighted by atomic mass is 9.45. The highest BCUT2D eigenvalue weighted by molar-refractivity contribution is 6.26. The monoisotopic (exact) mass is 1140 g/mol. The van der Waals surface area contributed by atoms with E-state index in [-0.39, 0.29) is 75.1 Å². The van der Waals surface area contributed by atoms with E-state index in [2.05, 4.69) is 5.32 Å². The fourth-order valence-corrected chi connectivity index (χ4v) is 16.4. The molecule has 6 fully saturated rings. The van der Waals surface area contributed by atoms with E-state index < -0.39 is 153 Å². The minimum absolute atomic E-state index is 0.0515. The third-order valence-electron chi connectivity index (χ3n) is 20.8. The van der Waals surface area contributed by atoms with Crippen LogP contribution in [0.2, 0.25) is 0 Å². The number of allylic oxidation sites excluding steroid dienone is 4. The van der Waals surface area contributed by atoms with Crippen LogP contribution >= 0.6 is 11.6 Å². The van der Waals surface area contributed by atoms with Gasteiger partial charge in [0.15, 0.2) is 24.0 Å². The Morgan fingerprint density at radius 3 is 2.22 bits per heavy atom. The molecule has 8 N–H and O–H groups in total. The number of alkyl halides is 2. The molecular formula is C59H96ClFN2O16. The van der Waals surface area contributed by atoms with Crippen molar-refractivity contribution in [1.29, 1.82) is 0 Å². The molecule has 3 saturated heterocycles. The molecule has 7 aliphatic rings. The number of esters is 1. The number of aliphatic hydroxyl groups is 7. The van der Waals surface area contributed by atoms with Gasteiger partial charge in [-0.1, -0.05) is 47.6 Å². The number of aliphatic hydroxyl groups excluding tert-OH is 4. The Kier molecular flexibility index (Phi) is 19.3. The van der Waals surface area contributed by atoms with Crippen LogP contribution in [0.25, 0.3) is 0 Å². The molecule has 4 unspecified atom stereocenters. The highest BCUT2D eigenvalue weighted by Crippen LogP contribution is 2.71. The molecule has 4 aliphatic carbocycles. The highest BCUT2D eigenvalue weighted by Gasteiger charge is 2.76. The zero-order chi connectivity index (χ0) is 58.9. The molecule has 3 aliphatic heterocycles. The van der Waals surface area contributed by atoms with E-state index in [4.69, 9.17) is 40.0 Å². The van der Waals surface area contributed by atoms with E-state index in [1.807, 2.05) is 18.7 Å². The third kappa shape index (κ3) is 11.5. The molecule has 3 heterocycles. The number of methoxy groups -OCH3 is 1. The van der Waals surface area contributed by atoms with Gasteiger partial charge in [0.1, 0.15) is 36.2 Å². The normalized spacial score (nSPS) is 51.2. The van der Waals surface area contributed by atoms with Crippen LogP contribution in [0.15, 0.2) is 23.8 Å². The first-order chi connectivity index (χ1) is 36.6. The van der Waals surface area contributed by atoms with Crippen molar-refractivity contribution in [3.05, 3.63) is 23.8 Å². The summed E-state index contributed by atoms with van der Waals surface area (Å²) < 4.78 is 54.1. The van der Waals surface area contributed by atoms with Crippen molar-refractivity contribution < 1.29 is 82.9 Å². The summed E-state index contributed by atoms with van der Waals surface area (Å²) in [6.07, 6.45) is -7.07. The van der Waals surface area contributed by atoms with Gasteiger partial charge in [0.25, 0.3) is 5.91 Å². The van der Waals surface area contributed by atoms with Crippen LogP contribution in [-0.4, -0.2) is 192 Å². The summed E-state index contributed by atoms with van der Waals surface area (Å²) in [6, 6.07) is -0.805. The van der Waals surface area contributed by atoms with Gasteiger partial charge in [0.2, 0.25) is 0 Å². The quantitative estimate of drug-likeness (QED) is 0.0785. The lowest BCUT2D eigenvalue weighted by molar-refractivity contribution is -0.314. The number of ether oxygens (including phenoxy) is 6. The molecule has 3 saturated carbocycles. The fraction of sp³-hybridized carbons (Fsp3) is 0.881. The molecule has 26 atom stereocenters. The van der Waals surface area contributed by atoms with Crippen LogP contribution in [0, 0.1) is 46.3 Å². The number of fused-ring (bicyclic) bond motifs is 5. The number of hydrogen-bond acceptors (Lipinski definition) is 17. The zero-order valence-corrected chi connectivity index (χ0v) is 50.0.